The Labute approximate surface area is 280 Å². The fourth-order valence-corrected chi connectivity index (χ4v) is 3.42. The smallest absolute Gasteiger partial charge is 0.475 e. The van der Waals surface area contributed by atoms with Crippen LogP contribution in [-0.4, -0.2) is 100 Å². The van der Waals surface area contributed by atoms with Crippen LogP contribution in [0.2, 0.25) is 0 Å². The first-order chi connectivity index (χ1) is 23.8. The summed E-state index contributed by atoms with van der Waals surface area (Å²) >= 11 is 0. The molecule has 1 aromatic carbocycles. The summed E-state index contributed by atoms with van der Waals surface area (Å²) in [5.41, 5.74) is 2.54. The molecule has 282 valence electrons. The molecule has 0 atom stereocenters. The molecule has 5 aromatic rings. The van der Waals surface area contributed by atoms with Crippen LogP contribution in [0.25, 0.3) is 39.5 Å². The number of rotatable bonds is 5. The van der Waals surface area contributed by atoms with Crippen LogP contribution in [-0.2, 0) is 20.9 Å². The number of nitrogens with one attached hydrogen (secondary N) is 1. The number of alkyl halides is 9. The van der Waals surface area contributed by atoms with E-state index in [1.165, 1.54) is 18.2 Å². The van der Waals surface area contributed by atoms with Crippen molar-refractivity contribution in [1.82, 2.24) is 34.6 Å². The van der Waals surface area contributed by atoms with Crippen LogP contribution in [0, 0.1) is 11.6 Å². The van der Waals surface area contributed by atoms with Crippen molar-refractivity contribution < 1.29 is 82.5 Å². The van der Waals surface area contributed by atoms with Gasteiger partial charge in [-0.15, -0.1) is 0 Å². The van der Waals surface area contributed by atoms with E-state index in [-0.39, 0.29) is 11.3 Å². The van der Waals surface area contributed by atoms with Gasteiger partial charge in [0.15, 0.2) is 0 Å². The molecule has 0 saturated heterocycles. The Balaban J connectivity index is 0.000000365. The van der Waals surface area contributed by atoms with Crippen molar-refractivity contribution >= 4 is 23.6 Å². The van der Waals surface area contributed by atoms with Gasteiger partial charge in [-0.1, -0.05) is 11.2 Å². The monoisotopic (exact) mass is 763 g/mol. The molecule has 0 fully saturated rings. The van der Waals surface area contributed by atoms with E-state index < -0.39 is 48.1 Å². The lowest BCUT2D eigenvalue weighted by Crippen LogP contribution is -2.21. The molecule has 0 radical (unpaired) electrons. The van der Waals surface area contributed by atoms with Crippen LogP contribution in [0.15, 0.2) is 53.4 Å². The minimum Gasteiger partial charge on any atom is -0.475 e. The minimum atomic E-state index is -5.08. The second-order valence-electron chi connectivity index (χ2n) is 9.69. The number of fused-ring (bicyclic) bond motifs is 1. The summed E-state index contributed by atoms with van der Waals surface area (Å²) < 4.78 is 131. The highest BCUT2D eigenvalue weighted by molar-refractivity contribution is 5.81. The van der Waals surface area contributed by atoms with E-state index in [1.807, 2.05) is 25.1 Å². The van der Waals surface area contributed by atoms with E-state index in [4.69, 9.17) is 34.2 Å². The van der Waals surface area contributed by atoms with Crippen LogP contribution in [0.4, 0.5) is 48.3 Å². The standard InChI is InChI=1S/C21H17F2N7O.3C2HF3O2/c1-29(2)11-18-26-21(28-31-18)16-9-24-17-7-6-12(10-30(16)17)13-8-25-27-20(13)19-14(22)4-3-5-15(19)23;3*3-2(4,5)1(6)7/h3-10H,11H2,1-2H3,(H,25,27);3*(H,6,7). The van der Waals surface area contributed by atoms with E-state index in [9.17, 15) is 48.3 Å². The molecular weight excluding hydrogens is 743 g/mol. The van der Waals surface area contributed by atoms with Crippen molar-refractivity contribution in [3.05, 3.63) is 66.4 Å². The third-order valence-electron chi connectivity index (χ3n) is 5.53. The Morgan fingerprint density at radius 1 is 0.846 bits per heavy atom. The highest BCUT2D eigenvalue weighted by Crippen LogP contribution is 2.34. The first-order valence-corrected chi connectivity index (χ1v) is 13.2. The lowest BCUT2D eigenvalue weighted by molar-refractivity contribution is -0.193. The minimum absolute atomic E-state index is 0.184. The van der Waals surface area contributed by atoms with Crippen molar-refractivity contribution in [2.75, 3.05) is 14.1 Å². The van der Waals surface area contributed by atoms with Gasteiger partial charge >= 0.3 is 36.4 Å². The lowest BCUT2D eigenvalue weighted by Gasteiger charge is -2.07. The number of carboxylic acids is 3. The third-order valence-corrected chi connectivity index (χ3v) is 5.53. The van der Waals surface area contributed by atoms with Crippen molar-refractivity contribution in [2.45, 2.75) is 25.1 Å². The van der Waals surface area contributed by atoms with E-state index in [2.05, 4.69) is 25.3 Å². The normalized spacial score (nSPS) is 11.5. The van der Waals surface area contributed by atoms with Gasteiger partial charge < -0.3 is 24.7 Å². The summed E-state index contributed by atoms with van der Waals surface area (Å²) in [6.07, 6.45) is -10.2. The number of nitrogens with zero attached hydrogens (tertiary/aromatic N) is 6. The van der Waals surface area contributed by atoms with Crippen molar-refractivity contribution in [3.63, 3.8) is 0 Å². The summed E-state index contributed by atoms with van der Waals surface area (Å²) in [4.78, 5) is 37.4. The first kappa shape index (κ1) is 42.0. The Bertz CT molecular complexity index is 1920. The Hall–Kier alpha value is -6.14. The molecule has 52 heavy (non-hydrogen) atoms. The number of halogens is 11. The van der Waals surface area contributed by atoms with Crippen LogP contribution in [0.5, 0.6) is 0 Å². The number of H-pyrrole nitrogens is 1. The molecular formula is C27H20F11N7O7. The maximum Gasteiger partial charge on any atom is 0.490 e. The number of aromatic amines is 1. The summed E-state index contributed by atoms with van der Waals surface area (Å²) in [6.45, 7) is 0.515. The number of benzene rings is 1. The summed E-state index contributed by atoms with van der Waals surface area (Å²) in [6, 6.07) is 7.34. The number of pyridine rings is 1. The molecule has 0 amide bonds. The van der Waals surface area contributed by atoms with Gasteiger partial charge in [-0.3, -0.25) is 9.50 Å². The average Bonchev–Trinajstić information content (AvgIpc) is 3.76. The number of carboxylic acid groups (broad SMARTS) is 3. The second-order valence-corrected chi connectivity index (χ2v) is 9.69. The van der Waals surface area contributed by atoms with Gasteiger partial charge in [0.2, 0.25) is 11.7 Å². The number of aromatic nitrogens is 6. The zero-order valence-corrected chi connectivity index (χ0v) is 25.6. The molecule has 0 aliphatic heterocycles. The molecule has 0 unspecified atom stereocenters. The second kappa shape index (κ2) is 16.7. The van der Waals surface area contributed by atoms with Crippen LogP contribution in [0.1, 0.15) is 5.89 Å². The number of hydrogen-bond donors (Lipinski definition) is 4. The summed E-state index contributed by atoms with van der Waals surface area (Å²) in [7, 11) is 3.82. The molecule has 5 rings (SSSR count). The first-order valence-electron chi connectivity index (χ1n) is 13.2. The summed E-state index contributed by atoms with van der Waals surface area (Å²) in [5, 5.41) is 32.2. The third kappa shape index (κ3) is 11.7. The zero-order valence-electron chi connectivity index (χ0n) is 25.6. The molecule has 14 nitrogen and oxygen atoms in total. The van der Waals surface area contributed by atoms with E-state index in [0.717, 1.165) is 0 Å². The Morgan fingerprint density at radius 3 is 1.81 bits per heavy atom. The zero-order chi connectivity index (χ0) is 39.8. The van der Waals surface area contributed by atoms with Crippen LogP contribution < -0.4 is 0 Å². The Kier molecular flexibility index (Phi) is 13.5. The van der Waals surface area contributed by atoms with Crippen LogP contribution in [0.3, 0.4) is 0 Å². The summed E-state index contributed by atoms with van der Waals surface area (Å²) in [5.74, 6) is -8.75. The molecule has 0 spiro atoms. The number of hydrogen-bond acceptors (Lipinski definition) is 9. The van der Waals surface area contributed by atoms with Crippen LogP contribution >= 0.6 is 0 Å². The van der Waals surface area contributed by atoms with Crippen molar-refractivity contribution in [2.24, 2.45) is 0 Å². The number of carbonyl (C=O) groups is 3. The average molecular weight is 763 g/mol. The van der Waals surface area contributed by atoms with Gasteiger partial charge in [0.25, 0.3) is 0 Å². The van der Waals surface area contributed by atoms with Gasteiger partial charge in [0.1, 0.15) is 28.7 Å². The molecule has 0 bridgehead atoms. The fraction of sp³-hybridized carbons (Fsp3) is 0.222. The highest BCUT2D eigenvalue weighted by atomic mass is 19.4. The maximum absolute atomic E-state index is 14.4. The molecule has 0 saturated carbocycles. The SMILES string of the molecule is CN(C)Cc1nc(-c2cnc3ccc(-c4c[nH]nc4-c4c(F)cccc4F)cn23)no1.O=C(O)C(F)(F)F.O=C(O)C(F)(F)F.O=C(O)C(F)(F)F. The van der Waals surface area contributed by atoms with E-state index >= 15 is 0 Å². The van der Waals surface area contributed by atoms with Gasteiger partial charge in [0, 0.05) is 23.5 Å². The molecule has 4 heterocycles. The van der Waals surface area contributed by atoms with Gasteiger partial charge in [-0.05, 0) is 38.4 Å². The predicted molar refractivity (Wildman–Crippen MR) is 150 cm³/mol. The van der Waals surface area contributed by atoms with Crippen molar-refractivity contribution in [3.8, 4) is 33.9 Å². The van der Waals surface area contributed by atoms with Crippen molar-refractivity contribution in [1.29, 1.82) is 0 Å². The van der Waals surface area contributed by atoms with Gasteiger partial charge in [-0.25, -0.2) is 28.1 Å². The highest BCUT2D eigenvalue weighted by Gasteiger charge is 2.39. The molecule has 0 aliphatic rings. The molecule has 4 aromatic heterocycles. The number of aliphatic carboxylic acids is 3. The van der Waals surface area contributed by atoms with Gasteiger partial charge in [-0.2, -0.15) is 49.6 Å². The predicted octanol–water partition coefficient (Wildman–Crippen LogP) is 5.68. The molecule has 4 N–H and O–H groups in total. The largest absolute Gasteiger partial charge is 0.490 e. The topological polar surface area (TPSA) is 200 Å². The van der Waals surface area contributed by atoms with E-state index in [0.29, 0.717) is 40.7 Å². The Morgan fingerprint density at radius 2 is 1.35 bits per heavy atom. The quantitative estimate of drug-likeness (QED) is 0.160. The molecule has 0 aliphatic carbocycles. The fourth-order valence-electron chi connectivity index (χ4n) is 3.42. The number of imidazole rings is 1. The lowest BCUT2D eigenvalue weighted by atomic mass is 10.0. The molecule has 25 heteroatoms. The van der Waals surface area contributed by atoms with Gasteiger partial charge in [0.05, 0.1) is 18.3 Å². The maximum atomic E-state index is 14.4. The van der Waals surface area contributed by atoms with E-state index in [1.54, 1.807) is 29.1 Å².